The molecule has 24 heavy (non-hydrogen) atoms. The Kier molecular flexibility index (Phi) is 8.06. The van der Waals surface area contributed by atoms with E-state index in [1.807, 2.05) is 0 Å². The van der Waals surface area contributed by atoms with Gasteiger partial charge in [0.15, 0.2) is 5.96 Å². The van der Waals surface area contributed by atoms with Crippen molar-refractivity contribution in [1.29, 1.82) is 0 Å². The molecule has 1 aromatic carbocycles. The maximum atomic E-state index is 13.5. The second-order valence-electron chi connectivity index (χ2n) is 4.64. The van der Waals surface area contributed by atoms with Crippen molar-refractivity contribution in [3.8, 4) is 0 Å². The van der Waals surface area contributed by atoms with Gasteiger partial charge in [0.1, 0.15) is 10.0 Å². The van der Waals surface area contributed by atoms with E-state index in [2.05, 4.69) is 15.6 Å². The number of nitrogens with zero attached hydrogens (tertiary/aromatic N) is 1. The summed E-state index contributed by atoms with van der Waals surface area (Å²) in [7, 11) is -2.08. The van der Waals surface area contributed by atoms with E-state index in [9.17, 15) is 12.8 Å². The van der Waals surface area contributed by atoms with Gasteiger partial charge in [-0.3, -0.25) is 4.99 Å². The summed E-state index contributed by atoms with van der Waals surface area (Å²) in [6.07, 6.45) is 0. The molecule has 0 saturated heterocycles. The van der Waals surface area contributed by atoms with Crippen LogP contribution in [-0.4, -0.2) is 21.4 Å². The third kappa shape index (κ3) is 6.00. The Morgan fingerprint density at radius 2 is 1.88 bits per heavy atom. The summed E-state index contributed by atoms with van der Waals surface area (Å²) in [6, 6.07) is 9.62. The van der Waals surface area contributed by atoms with Gasteiger partial charge in [0, 0.05) is 24.0 Å². The third-order valence-electron chi connectivity index (χ3n) is 2.98. The van der Waals surface area contributed by atoms with Crippen molar-refractivity contribution in [3.63, 3.8) is 0 Å². The number of halogens is 2. The fourth-order valence-corrected chi connectivity index (χ4v) is 3.54. The predicted molar refractivity (Wildman–Crippen MR) is 105 cm³/mol. The van der Waals surface area contributed by atoms with Crippen molar-refractivity contribution in [2.75, 3.05) is 7.05 Å². The number of aliphatic imine (C=N–C) groups is 1. The van der Waals surface area contributed by atoms with Crippen molar-refractivity contribution >= 4 is 51.3 Å². The highest BCUT2D eigenvalue weighted by Crippen LogP contribution is 2.19. The van der Waals surface area contributed by atoms with Crippen LogP contribution in [0.2, 0.25) is 0 Å². The summed E-state index contributed by atoms with van der Waals surface area (Å²) in [5.74, 6) is 0.199. The normalized spacial score (nSPS) is 11.7. The molecule has 0 unspecified atom stereocenters. The highest BCUT2D eigenvalue weighted by Gasteiger charge is 2.11. The zero-order valence-corrected chi connectivity index (χ0v) is 16.8. The highest BCUT2D eigenvalue weighted by molar-refractivity contribution is 14.0. The van der Waals surface area contributed by atoms with E-state index in [1.54, 1.807) is 31.3 Å². The van der Waals surface area contributed by atoms with E-state index in [4.69, 9.17) is 5.14 Å². The Hall–Kier alpha value is -1.24. The zero-order valence-electron chi connectivity index (χ0n) is 12.8. The minimum Gasteiger partial charge on any atom is -0.352 e. The fraction of sp³-hybridized carbons (Fsp3) is 0.214. The Labute approximate surface area is 161 Å². The first kappa shape index (κ1) is 20.8. The quantitative estimate of drug-likeness (QED) is 0.344. The number of sulfonamides is 1. The third-order valence-corrected chi connectivity index (χ3v) is 5.50. The van der Waals surface area contributed by atoms with Gasteiger partial charge in [0.2, 0.25) is 10.0 Å². The van der Waals surface area contributed by atoms with Gasteiger partial charge in [0.25, 0.3) is 0 Å². The largest absolute Gasteiger partial charge is 0.352 e. The average Bonchev–Trinajstić information content (AvgIpc) is 2.98. The molecular formula is C14H18FIN4O2S2. The number of hydrogen-bond donors (Lipinski definition) is 3. The summed E-state index contributed by atoms with van der Waals surface area (Å²) < 4.78 is 36.1. The Morgan fingerprint density at radius 3 is 2.46 bits per heavy atom. The van der Waals surface area contributed by atoms with Crippen LogP contribution in [0.15, 0.2) is 45.6 Å². The molecule has 132 valence electrons. The first-order valence-corrected chi connectivity index (χ1v) is 9.06. The Balaban J connectivity index is 0.00000288. The number of primary sulfonamides is 1. The molecule has 1 aromatic heterocycles. The Morgan fingerprint density at radius 1 is 1.21 bits per heavy atom. The number of thiophene rings is 1. The summed E-state index contributed by atoms with van der Waals surface area (Å²) >= 11 is 1.09. The lowest BCUT2D eigenvalue weighted by atomic mass is 10.2. The maximum Gasteiger partial charge on any atom is 0.247 e. The van der Waals surface area contributed by atoms with Crippen LogP contribution in [0.25, 0.3) is 0 Å². The van der Waals surface area contributed by atoms with Crippen molar-refractivity contribution in [2.45, 2.75) is 17.3 Å². The fourth-order valence-electron chi connectivity index (χ4n) is 1.82. The molecule has 0 atom stereocenters. The lowest BCUT2D eigenvalue weighted by Crippen LogP contribution is -2.36. The molecule has 2 rings (SSSR count). The van der Waals surface area contributed by atoms with Gasteiger partial charge in [-0.25, -0.2) is 17.9 Å². The molecule has 6 nitrogen and oxygen atoms in total. The second-order valence-corrected chi connectivity index (χ2v) is 7.59. The number of rotatable bonds is 5. The molecule has 0 amide bonds. The van der Waals surface area contributed by atoms with Crippen LogP contribution in [0.3, 0.4) is 0 Å². The van der Waals surface area contributed by atoms with Gasteiger partial charge in [-0.15, -0.1) is 35.3 Å². The molecular weight excluding hydrogens is 466 g/mol. The zero-order chi connectivity index (χ0) is 16.9. The van der Waals surface area contributed by atoms with E-state index in [0.717, 1.165) is 16.2 Å². The molecule has 10 heteroatoms. The molecule has 0 aliphatic rings. The number of guanidine groups is 1. The van der Waals surface area contributed by atoms with Gasteiger partial charge in [-0.1, -0.05) is 18.2 Å². The average molecular weight is 484 g/mol. The van der Waals surface area contributed by atoms with Crippen LogP contribution < -0.4 is 15.8 Å². The van der Waals surface area contributed by atoms with Gasteiger partial charge in [-0.05, 0) is 18.2 Å². The Bertz CT molecular complexity index is 809. The maximum absolute atomic E-state index is 13.5. The molecule has 1 heterocycles. The van der Waals surface area contributed by atoms with Gasteiger partial charge in [-0.2, -0.15) is 0 Å². The summed E-state index contributed by atoms with van der Waals surface area (Å²) in [5.41, 5.74) is 0.531. The minimum absolute atomic E-state index is 0. The number of hydrogen-bond acceptors (Lipinski definition) is 4. The van der Waals surface area contributed by atoms with E-state index in [-0.39, 0.29) is 34.0 Å². The lowest BCUT2D eigenvalue weighted by molar-refractivity contribution is 0.599. The predicted octanol–water partition coefficient (Wildman–Crippen LogP) is 2.02. The molecule has 2 aromatic rings. The molecule has 0 saturated carbocycles. The highest BCUT2D eigenvalue weighted by atomic mass is 127. The smallest absolute Gasteiger partial charge is 0.247 e. The van der Waals surface area contributed by atoms with Gasteiger partial charge >= 0.3 is 0 Å². The van der Waals surface area contributed by atoms with E-state index in [0.29, 0.717) is 24.6 Å². The first-order chi connectivity index (χ1) is 10.9. The van der Waals surface area contributed by atoms with Crippen LogP contribution in [0.1, 0.15) is 10.4 Å². The first-order valence-electron chi connectivity index (χ1n) is 6.69. The summed E-state index contributed by atoms with van der Waals surface area (Å²) in [5, 5.41) is 11.1. The van der Waals surface area contributed by atoms with E-state index < -0.39 is 10.0 Å². The monoisotopic (exact) mass is 484 g/mol. The van der Waals surface area contributed by atoms with Crippen molar-refractivity contribution in [2.24, 2.45) is 10.1 Å². The minimum atomic E-state index is -3.67. The van der Waals surface area contributed by atoms with Crippen molar-refractivity contribution in [3.05, 3.63) is 52.7 Å². The molecule has 0 radical (unpaired) electrons. The van der Waals surface area contributed by atoms with Crippen LogP contribution in [-0.2, 0) is 23.1 Å². The van der Waals surface area contributed by atoms with E-state index >= 15 is 0 Å². The number of nitrogens with two attached hydrogens (primary N) is 1. The molecule has 0 aliphatic heterocycles. The second kappa shape index (κ2) is 9.30. The SMILES string of the molecule is CN=C(NCc1ccc(S(N)(=O)=O)s1)NCc1ccccc1F.I. The molecule has 0 spiro atoms. The molecule has 0 fully saturated rings. The van der Waals surface area contributed by atoms with Crippen molar-refractivity contribution < 1.29 is 12.8 Å². The van der Waals surface area contributed by atoms with Crippen LogP contribution >= 0.6 is 35.3 Å². The molecule has 0 bridgehead atoms. The number of benzene rings is 1. The topological polar surface area (TPSA) is 96.6 Å². The van der Waals surface area contributed by atoms with Gasteiger partial charge < -0.3 is 10.6 Å². The standard InChI is InChI=1S/C14H17FN4O2S2.HI/c1-17-14(18-8-10-4-2-3-5-12(10)15)19-9-11-6-7-13(22-11)23(16,20)21;/h2-7H,8-9H2,1H3,(H2,16,20,21)(H2,17,18,19);1H. The summed E-state index contributed by atoms with van der Waals surface area (Å²) in [4.78, 5) is 4.83. The molecule has 4 N–H and O–H groups in total. The van der Waals surface area contributed by atoms with Gasteiger partial charge in [0.05, 0.1) is 6.54 Å². The van der Waals surface area contributed by atoms with Crippen LogP contribution in [0.4, 0.5) is 4.39 Å². The van der Waals surface area contributed by atoms with Crippen LogP contribution in [0, 0.1) is 5.82 Å². The molecule has 0 aliphatic carbocycles. The van der Waals surface area contributed by atoms with Crippen molar-refractivity contribution in [1.82, 2.24) is 10.6 Å². The van der Waals surface area contributed by atoms with Crippen LogP contribution in [0.5, 0.6) is 0 Å². The number of nitrogens with one attached hydrogen (secondary N) is 2. The summed E-state index contributed by atoms with van der Waals surface area (Å²) in [6.45, 7) is 0.677. The van der Waals surface area contributed by atoms with E-state index in [1.165, 1.54) is 12.1 Å². The lowest BCUT2D eigenvalue weighted by Gasteiger charge is -2.11.